The number of aromatic nitrogens is 3. The van der Waals surface area contributed by atoms with Crippen LogP contribution >= 0.6 is 0 Å². The molecule has 0 unspecified atom stereocenters. The van der Waals surface area contributed by atoms with Gasteiger partial charge in [0.15, 0.2) is 0 Å². The first-order valence-corrected chi connectivity index (χ1v) is 7.86. The fourth-order valence-corrected chi connectivity index (χ4v) is 2.42. The van der Waals surface area contributed by atoms with Crippen molar-refractivity contribution >= 4 is 5.91 Å². The molecule has 8 heteroatoms. The number of nitrogens with one attached hydrogen (secondary N) is 1. The van der Waals surface area contributed by atoms with Crippen LogP contribution in [0.5, 0.6) is 11.5 Å². The Bertz CT molecular complexity index is 884. The van der Waals surface area contributed by atoms with Crippen LogP contribution in [0.4, 0.5) is 0 Å². The number of pyridine rings is 1. The molecule has 8 nitrogen and oxygen atoms in total. The standard InChI is InChI=1S/C18H18N4O4/c1-11-14(24-2)8-13(9-15(11)25-3)18(23)20-10-16-21-17(22-26-16)12-4-6-19-7-5-12/h4-9H,10H2,1-3H3,(H,20,23). The molecular weight excluding hydrogens is 336 g/mol. The molecule has 0 saturated heterocycles. The number of carbonyl (C=O) groups is 1. The van der Waals surface area contributed by atoms with Crippen molar-refractivity contribution in [3.05, 3.63) is 53.7 Å². The van der Waals surface area contributed by atoms with Crippen LogP contribution in [0.1, 0.15) is 21.8 Å². The lowest BCUT2D eigenvalue weighted by molar-refractivity contribution is 0.0945. The molecule has 134 valence electrons. The highest BCUT2D eigenvalue weighted by atomic mass is 16.5. The summed E-state index contributed by atoms with van der Waals surface area (Å²) in [6.07, 6.45) is 3.29. The summed E-state index contributed by atoms with van der Waals surface area (Å²) in [5.41, 5.74) is 2.03. The van der Waals surface area contributed by atoms with Crippen LogP contribution in [0.15, 0.2) is 41.2 Å². The number of hydrogen-bond acceptors (Lipinski definition) is 7. The van der Waals surface area contributed by atoms with E-state index in [1.807, 2.05) is 6.92 Å². The first-order valence-electron chi connectivity index (χ1n) is 7.86. The van der Waals surface area contributed by atoms with Gasteiger partial charge in [0.2, 0.25) is 11.7 Å². The number of hydrogen-bond donors (Lipinski definition) is 1. The quantitative estimate of drug-likeness (QED) is 0.725. The van der Waals surface area contributed by atoms with Crippen molar-refractivity contribution in [2.45, 2.75) is 13.5 Å². The zero-order chi connectivity index (χ0) is 18.5. The Morgan fingerprint density at radius 2 is 1.81 bits per heavy atom. The molecule has 3 aromatic rings. The van der Waals surface area contributed by atoms with Crippen LogP contribution < -0.4 is 14.8 Å². The van der Waals surface area contributed by atoms with Gasteiger partial charge in [-0.05, 0) is 31.2 Å². The minimum atomic E-state index is -0.301. The molecule has 0 aliphatic heterocycles. The summed E-state index contributed by atoms with van der Waals surface area (Å²) in [6, 6.07) is 6.86. The molecule has 1 N–H and O–H groups in total. The lowest BCUT2D eigenvalue weighted by Crippen LogP contribution is -2.23. The lowest BCUT2D eigenvalue weighted by Gasteiger charge is -2.12. The van der Waals surface area contributed by atoms with Crippen molar-refractivity contribution in [1.82, 2.24) is 20.4 Å². The summed E-state index contributed by atoms with van der Waals surface area (Å²) in [5, 5.41) is 6.64. The fraction of sp³-hybridized carbons (Fsp3) is 0.222. The zero-order valence-corrected chi connectivity index (χ0v) is 14.6. The van der Waals surface area contributed by atoms with E-state index in [2.05, 4.69) is 20.4 Å². The monoisotopic (exact) mass is 354 g/mol. The van der Waals surface area contributed by atoms with Gasteiger partial charge in [-0.15, -0.1) is 0 Å². The molecule has 0 fully saturated rings. The average molecular weight is 354 g/mol. The summed E-state index contributed by atoms with van der Waals surface area (Å²) in [7, 11) is 3.09. The Hall–Kier alpha value is -3.42. The minimum absolute atomic E-state index is 0.107. The average Bonchev–Trinajstić information content (AvgIpc) is 3.16. The molecular formula is C18H18N4O4. The van der Waals surface area contributed by atoms with Gasteiger partial charge in [-0.3, -0.25) is 9.78 Å². The Kier molecular flexibility index (Phi) is 5.12. The molecule has 1 aromatic carbocycles. The van der Waals surface area contributed by atoms with Crippen LogP contribution in [-0.4, -0.2) is 35.3 Å². The number of rotatable bonds is 6. The Balaban J connectivity index is 1.71. The topological polar surface area (TPSA) is 99.4 Å². The zero-order valence-electron chi connectivity index (χ0n) is 14.6. The summed E-state index contributed by atoms with van der Waals surface area (Å²) < 4.78 is 15.7. The van der Waals surface area contributed by atoms with Gasteiger partial charge in [0.05, 0.1) is 20.8 Å². The SMILES string of the molecule is COc1cc(C(=O)NCc2nc(-c3ccncc3)no2)cc(OC)c1C. The number of carbonyl (C=O) groups excluding carboxylic acids is 1. The number of methoxy groups -OCH3 is 2. The third kappa shape index (κ3) is 3.64. The Labute approximate surface area is 150 Å². The Morgan fingerprint density at radius 1 is 1.15 bits per heavy atom. The highest BCUT2D eigenvalue weighted by molar-refractivity contribution is 5.95. The number of amides is 1. The number of nitrogens with zero attached hydrogens (tertiary/aromatic N) is 3. The maximum Gasteiger partial charge on any atom is 0.251 e. The second-order valence-electron chi connectivity index (χ2n) is 5.44. The molecule has 1 amide bonds. The van der Waals surface area contributed by atoms with Gasteiger partial charge >= 0.3 is 0 Å². The van der Waals surface area contributed by atoms with E-state index in [0.29, 0.717) is 28.8 Å². The van der Waals surface area contributed by atoms with E-state index in [1.165, 1.54) is 0 Å². The van der Waals surface area contributed by atoms with Crippen molar-refractivity contribution in [3.63, 3.8) is 0 Å². The van der Waals surface area contributed by atoms with E-state index in [9.17, 15) is 4.79 Å². The normalized spacial score (nSPS) is 10.4. The third-order valence-corrected chi connectivity index (χ3v) is 3.82. The molecule has 0 radical (unpaired) electrons. The predicted octanol–water partition coefficient (Wildman–Crippen LogP) is 2.39. The smallest absolute Gasteiger partial charge is 0.251 e. The first-order chi connectivity index (χ1) is 12.6. The molecule has 0 aliphatic carbocycles. The lowest BCUT2D eigenvalue weighted by atomic mass is 10.1. The molecule has 0 bridgehead atoms. The van der Waals surface area contributed by atoms with Gasteiger partial charge < -0.3 is 19.3 Å². The van der Waals surface area contributed by atoms with Crippen molar-refractivity contribution in [2.75, 3.05) is 14.2 Å². The van der Waals surface area contributed by atoms with Gasteiger partial charge in [-0.25, -0.2) is 0 Å². The summed E-state index contributed by atoms with van der Waals surface area (Å²) >= 11 is 0. The molecule has 26 heavy (non-hydrogen) atoms. The van der Waals surface area contributed by atoms with Crippen molar-refractivity contribution in [2.24, 2.45) is 0 Å². The largest absolute Gasteiger partial charge is 0.496 e. The number of ether oxygens (including phenoxy) is 2. The molecule has 0 spiro atoms. The summed E-state index contributed by atoms with van der Waals surface area (Å²) in [5.74, 6) is 1.59. The summed E-state index contributed by atoms with van der Waals surface area (Å²) in [4.78, 5) is 20.6. The van der Waals surface area contributed by atoms with E-state index >= 15 is 0 Å². The van der Waals surface area contributed by atoms with Gasteiger partial charge in [-0.2, -0.15) is 4.98 Å². The van der Waals surface area contributed by atoms with Crippen LogP contribution in [0, 0.1) is 6.92 Å². The highest BCUT2D eigenvalue weighted by Crippen LogP contribution is 2.29. The van der Waals surface area contributed by atoms with Crippen LogP contribution in [0.3, 0.4) is 0 Å². The van der Waals surface area contributed by atoms with Crippen LogP contribution in [-0.2, 0) is 6.54 Å². The maximum absolute atomic E-state index is 12.4. The predicted molar refractivity (Wildman–Crippen MR) is 93.0 cm³/mol. The van der Waals surface area contributed by atoms with Gasteiger partial charge in [0.1, 0.15) is 11.5 Å². The number of benzene rings is 1. The van der Waals surface area contributed by atoms with Crippen molar-refractivity contribution in [3.8, 4) is 22.9 Å². The van der Waals surface area contributed by atoms with Crippen molar-refractivity contribution < 1.29 is 18.8 Å². The highest BCUT2D eigenvalue weighted by Gasteiger charge is 2.15. The van der Waals surface area contributed by atoms with E-state index in [4.69, 9.17) is 14.0 Å². The molecule has 0 aliphatic rings. The van der Waals surface area contributed by atoms with Gasteiger partial charge in [0, 0.05) is 29.1 Å². The second-order valence-corrected chi connectivity index (χ2v) is 5.44. The molecule has 2 aromatic heterocycles. The maximum atomic E-state index is 12.4. The summed E-state index contributed by atoms with van der Waals surface area (Å²) in [6.45, 7) is 1.97. The third-order valence-electron chi connectivity index (χ3n) is 3.82. The molecule has 2 heterocycles. The van der Waals surface area contributed by atoms with Gasteiger partial charge in [-0.1, -0.05) is 5.16 Å². The fourth-order valence-electron chi connectivity index (χ4n) is 2.42. The molecule has 0 atom stereocenters. The van der Waals surface area contributed by atoms with E-state index in [0.717, 1.165) is 11.1 Å². The first kappa shape index (κ1) is 17.4. The van der Waals surface area contributed by atoms with E-state index < -0.39 is 0 Å². The second kappa shape index (κ2) is 7.64. The van der Waals surface area contributed by atoms with E-state index in [1.54, 1.807) is 50.9 Å². The Morgan fingerprint density at radius 3 is 2.42 bits per heavy atom. The molecule has 3 rings (SSSR count). The molecule has 0 saturated carbocycles. The minimum Gasteiger partial charge on any atom is -0.496 e. The van der Waals surface area contributed by atoms with Crippen molar-refractivity contribution in [1.29, 1.82) is 0 Å². The van der Waals surface area contributed by atoms with Crippen LogP contribution in [0.2, 0.25) is 0 Å². The van der Waals surface area contributed by atoms with Crippen LogP contribution in [0.25, 0.3) is 11.4 Å². The van der Waals surface area contributed by atoms with Gasteiger partial charge in [0.25, 0.3) is 5.91 Å². The van der Waals surface area contributed by atoms with E-state index in [-0.39, 0.29) is 12.5 Å².